The lowest BCUT2D eigenvalue weighted by molar-refractivity contribution is 0.458. The molecule has 0 aromatic heterocycles. The molecule has 1 heterocycles. The highest BCUT2D eigenvalue weighted by molar-refractivity contribution is 5.55. The van der Waals surface area contributed by atoms with Crippen molar-refractivity contribution in [2.75, 3.05) is 11.4 Å². The maximum absolute atomic E-state index is 3.74. The second-order valence-corrected chi connectivity index (χ2v) is 5.70. The van der Waals surface area contributed by atoms with Gasteiger partial charge in [0.05, 0.1) is 0 Å². The molecule has 1 N–H and O–H groups in total. The van der Waals surface area contributed by atoms with Gasteiger partial charge in [0.2, 0.25) is 0 Å². The van der Waals surface area contributed by atoms with Gasteiger partial charge < -0.3 is 10.2 Å². The van der Waals surface area contributed by atoms with Gasteiger partial charge in [0, 0.05) is 30.9 Å². The molecule has 1 atom stereocenters. The van der Waals surface area contributed by atoms with Gasteiger partial charge in [-0.3, -0.25) is 0 Å². The molecule has 1 aliphatic carbocycles. The van der Waals surface area contributed by atoms with Crippen LogP contribution in [0.4, 0.5) is 5.69 Å². The van der Waals surface area contributed by atoms with Gasteiger partial charge in [0.25, 0.3) is 0 Å². The summed E-state index contributed by atoms with van der Waals surface area (Å²) in [6, 6.07) is 10.1. The molecule has 1 aromatic carbocycles. The SMILES string of the molecule is CC(C)N1CC(C2CC2)NCc2ccccc21. The topological polar surface area (TPSA) is 15.3 Å². The van der Waals surface area contributed by atoms with Crippen LogP contribution in [-0.2, 0) is 6.54 Å². The number of para-hydroxylation sites is 1. The Labute approximate surface area is 104 Å². The van der Waals surface area contributed by atoms with E-state index in [9.17, 15) is 0 Å². The summed E-state index contributed by atoms with van der Waals surface area (Å²) >= 11 is 0. The van der Waals surface area contributed by atoms with Crippen LogP contribution in [0, 0.1) is 5.92 Å². The Bertz CT molecular complexity index is 396. The highest BCUT2D eigenvalue weighted by atomic mass is 15.2. The van der Waals surface area contributed by atoms with Crippen LogP contribution in [0.3, 0.4) is 0 Å². The van der Waals surface area contributed by atoms with Crippen molar-refractivity contribution < 1.29 is 0 Å². The van der Waals surface area contributed by atoms with Crippen molar-refractivity contribution in [1.29, 1.82) is 0 Å². The maximum atomic E-state index is 3.74. The van der Waals surface area contributed by atoms with E-state index < -0.39 is 0 Å². The molecular formula is C15H22N2. The average molecular weight is 230 g/mol. The second kappa shape index (κ2) is 4.34. The zero-order valence-electron chi connectivity index (χ0n) is 10.8. The lowest BCUT2D eigenvalue weighted by Crippen LogP contribution is -2.42. The number of anilines is 1. The van der Waals surface area contributed by atoms with Crippen LogP contribution in [0.2, 0.25) is 0 Å². The van der Waals surface area contributed by atoms with Crippen molar-refractivity contribution >= 4 is 5.69 Å². The molecule has 2 heteroatoms. The second-order valence-electron chi connectivity index (χ2n) is 5.70. The molecule has 0 amide bonds. The zero-order chi connectivity index (χ0) is 11.8. The fourth-order valence-electron chi connectivity index (χ4n) is 2.86. The minimum Gasteiger partial charge on any atom is -0.367 e. The van der Waals surface area contributed by atoms with E-state index in [0.717, 1.165) is 12.5 Å². The molecule has 17 heavy (non-hydrogen) atoms. The molecule has 3 rings (SSSR count). The Hall–Kier alpha value is -1.02. The van der Waals surface area contributed by atoms with E-state index in [1.807, 2.05) is 0 Å². The molecule has 1 unspecified atom stereocenters. The van der Waals surface area contributed by atoms with E-state index >= 15 is 0 Å². The van der Waals surface area contributed by atoms with Gasteiger partial charge >= 0.3 is 0 Å². The summed E-state index contributed by atoms with van der Waals surface area (Å²) in [5, 5.41) is 3.74. The predicted octanol–water partition coefficient (Wildman–Crippen LogP) is 2.78. The van der Waals surface area contributed by atoms with Crippen LogP contribution < -0.4 is 10.2 Å². The molecule has 2 nitrogen and oxygen atoms in total. The molecule has 0 saturated heterocycles. The first-order chi connectivity index (χ1) is 8.25. The molecule has 92 valence electrons. The fourth-order valence-corrected chi connectivity index (χ4v) is 2.86. The first kappa shape index (κ1) is 11.1. The van der Waals surface area contributed by atoms with Crippen molar-refractivity contribution in [2.45, 2.75) is 45.3 Å². The Morgan fingerprint density at radius 3 is 2.71 bits per heavy atom. The standard InChI is InChI=1S/C15H22N2/c1-11(2)17-10-14(12-7-8-12)16-9-13-5-3-4-6-15(13)17/h3-6,11-12,14,16H,7-10H2,1-2H3. The van der Waals surface area contributed by atoms with Crippen molar-refractivity contribution in [3.63, 3.8) is 0 Å². The largest absolute Gasteiger partial charge is 0.367 e. The lowest BCUT2D eigenvalue weighted by atomic mass is 10.1. The van der Waals surface area contributed by atoms with E-state index in [1.165, 1.54) is 30.6 Å². The number of rotatable bonds is 2. The quantitative estimate of drug-likeness (QED) is 0.840. The van der Waals surface area contributed by atoms with Crippen molar-refractivity contribution in [1.82, 2.24) is 5.32 Å². The molecular weight excluding hydrogens is 208 g/mol. The van der Waals surface area contributed by atoms with Crippen molar-refractivity contribution in [3.8, 4) is 0 Å². The third-order valence-corrected chi connectivity index (χ3v) is 4.06. The molecule has 1 aliphatic heterocycles. The number of hydrogen-bond donors (Lipinski definition) is 1. The summed E-state index contributed by atoms with van der Waals surface area (Å²) in [4.78, 5) is 2.57. The first-order valence-corrected chi connectivity index (χ1v) is 6.83. The Morgan fingerprint density at radius 1 is 1.24 bits per heavy atom. The predicted molar refractivity (Wildman–Crippen MR) is 72.3 cm³/mol. The summed E-state index contributed by atoms with van der Waals surface area (Å²) in [6.07, 6.45) is 2.83. The van der Waals surface area contributed by atoms with Crippen molar-refractivity contribution in [3.05, 3.63) is 29.8 Å². The van der Waals surface area contributed by atoms with Crippen LogP contribution in [0.5, 0.6) is 0 Å². The van der Waals surface area contributed by atoms with Gasteiger partial charge in [-0.1, -0.05) is 18.2 Å². The molecule has 1 fully saturated rings. The highest BCUT2D eigenvalue weighted by Crippen LogP contribution is 2.36. The van der Waals surface area contributed by atoms with Gasteiger partial charge in [0.1, 0.15) is 0 Å². The summed E-state index contributed by atoms with van der Waals surface area (Å²) in [5.74, 6) is 0.922. The van der Waals surface area contributed by atoms with Crippen LogP contribution >= 0.6 is 0 Å². The number of nitrogens with zero attached hydrogens (tertiary/aromatic N) is 1. The van der Waals surface area contributed by atoms with E-state index in [1.54, 1.807) is 0 Å². The molecule has 1 aromatic rings. The van der Waals surface area contributed by atoms with Gasteiger partial charge in [-0.15, -0.1) is 0 Å². The number of nitrogens with one attached hydrogen (secondary N) is 1. The molecule has 0 spiro atoms. The Balaban J connectivity index is 1.91. The van der Waals surface area contributed by atoms with Crippen LogP contribution in [0.25, 0.3) is 0 Å². The number of fused-ring (bicyclic) bond motifs is 1. The van der Waals surface area contributed by atoms with Crippen LogP contribution in [0.1, 0.15) is 32.3 Å². The lowest BCUT2D eigenvalue weighted by Gasteiger charge is -2.31. The fraction of sp³-hybridized carbons (Fsp3) is 0.600. The van der Waals surface area contributed by atoms with Gasteiger partial charge in [-0.25, -0.2) is 0 Å². The highest BCUT2D eigenvalue weighted by Gasteiger charge is 2.34. The Morgan fingerprint density at radius 2 is 2.00 bits per heavy atom. The smallest absolute Gasteiger partial charge is 0.0414 e. The average Bonchev–Trinajstić information content (AvgIpc) is 3.14. The van der Waals surface area contributed by atoms with E-state index in [4.69, 9.17) is 0 Å². The van der Waals surface area contributed by atoms with Gasteiger partial charge in [0.15, 0.2) is 0 Å². The summed E-state index contributed by atoms with van der Waals surface area (Å²) < 4.78 is 0. The van der Waals surface area contributed by atoms with Gasteiger partial charge in [-0.05, 0) is 44.2 Å². The summed E-state index contributed by atoms with van der Waals surface area (Å²) in [7, 11) is 0. The maximum Gasteiger partial charge on any atom is 0.0414 e. The first-order valence-electron chi connectivity index (χ1n) is 6.83. The van der Waals surface area contributed by atoms with Crippen molar-refractivity contribution in [2.24, 2.45) is 5.92 Å². The molecule has 2 aliphatic rings. The normalized spacial score (nSPS) is 24.6. The van der Waals surface area contributed by atoms with Crippen LogP contribution in [0.15, 0.2) is 24.3 Å². The van der Waals surface area contributed by atoms with Gasteiger partial charge in [-0.2, -0.15) is 0 Å². The minimum absolute atomic E-state index is 0.581. The number of benzene rings is 1. The molecule has 0 bridgehead atoms. The third-order valence-electron chi connectivity index (χ3n) is 4.06. The van der Waals surface area contributed by atoms with E-state index in [0.29, 0.717) is 12.1 Å². The summed E-state index contributed by atoms with van der Waals surface area (Å²) in [5.41, 5.74) is 2.88. The molecule has 0 radical (unpaired) electrons. The Kier molecular flexibility index (Phi) is 2.83. The third kappa shape index (κ3) is 2.19. The van der Waals surface area contributed by atoms with Crippen LogP contribution in [-0.4, -0.2) is 18.6 Å². The minimum atomic E-state index is 0.581. The number of hydrogen-bond acceptors (Lipinski definition) is 2. The zero-order valence-corrected chi connectivity index (χ0v) is 10.8. The van der Waals surface area contributed by atoms with E-state index in [-0.39, 0.29) is 0 Å². The van der Waals surface area contributed by atoms with E-state index in [2.05, 4.69) is 48.3 Å². The summed E-state index contributed by atoms with van der Waals surface area (Å²) in [6.45, 7) is 6.79. The molecule has 1 saturated carbocycles. The monoisotopic (exact) mass is 230 g/mol.